The minimum atomic E-state index is -0.220. The molecule has 0 atom stereocenters. The van der Waals surface area contributed by atoms with E-state index in [9.17, 15) is 9.59 Å². The van der Waals surface area contributed by atoms with E-state index < -0.39 is 0 Å². The Labute approximate surface area is 175 Å². The molecule has 9 heteroatoms. The molecule has 2 heterocycles. The Morgan fingerprint density at radius 2 is 1.86 bits per heavy atom. The summed E-state index contributed by atoms with van der Waals surface area (Å²) in [5.41, 5.74) is 1.17. The standard InChI is InChI=1S/C20H28N6O2S/c1-21-18(27)12-22-19(28)15-29-20-24-23-17(14-25-10-6-3-7-11-25)26(20)13-16-8-4-2-5-9-16/h2,4-5,8-9H,3,6-7,10-15H2,1H3,(H,21,27)(H,22,28)/p+1. The summed E-state index contributed by atoms with van der Waals surface area (Å²) in [4.78, 5) is 24.9. The lowest BCUT2D eigenvalue weighted by Crippen LogP contribution is -3.11. The Morgan fingerprint density at radius 3 is 2.59 bits per heavy atom. The molecule has 3 N–H and O–H groups in total. The Balaban J connectivity index is 1.68. The number of carbonyl (C=O) groups excluding carboxylic acids is 2. The predicted octanol–water partition coefficient (Wildman–Crippen LogP) is -0.150. The number of rotatable bonds is 9. The van der Waals surface area contributed by atoms with Crippen LogP contribution < -0.4 is 15.5 Å². The first-order chi connectivity index (χ1) is 14.2. The largest absolute Gasteiger partial charge is 0.358 e. The molecule has 29 heavy (non-hydrogen) atoms. The average molecular weight is 418 g/mol. The van der Waals surface area contributed by atoms with E-state index in [0.29, 0.717) is 6.54 Å². The number of piperidine rings is 1. The molecule has 1 aliphatic rings. The summed E-state index contributed by atoms with van der Waals surface area (Å²) < 4.78 is 2.12. The van der Waals surface area contributed by atoms with E-state index in [0.717, 1.165) is 17.5 Å². The molecule has 2 amide bonds. The summed E-state index contributed by atoms with van der Waals surface area (Å²) in [5.74, 6) is 0.734. The number of carbonyl (C=O) groups is 2. The number of amides is 2. The number of hydrogen-bond donors (Lipinski definition) is 3. The summed E-state index contributed by atoms with van der Waals surface area (Å²) in [6, 6.07) is 10.2. The molecular weight excluding hydrogens is 388 g/mol. The maximum absolute atomic E-state index is 12.1. The van der Waals surface area contributed by atoms with Gasteiger partial charge in [-0.1, -0.05) is 42.1 Å². The number of hydrogen-bond acceptors (Lipinski definition) is 5. The Hall–Kier alpha value is -2.39. The highest BCUT2D eigenvalue weighted by Crippen LogP contribution is 2.18. The minimum absolute atomic E-state index is 0.0177. The molecule has 8 nitrogen and oxygen atoms in total. The van der Waals surface area contributed by atoms with Gasteiger partial charge in [-0.25, -0.2) is 0 Å². The molecule has 1 aliphatic heterocycles. The minimum Gasteiger partial charge on any atom is -0.358 e. The van der Waals surface area contributed by atoms with Gasteiger partial charge < -0.3 is 15.5 Å². The number of thioether (sulfide) groups is 1. The molecule has 0 saturated carbocycles. The quantitative estimate of drug-likeness (QED) is 0.494. The van der Waals surface area contributed by atoms with E-state index in [1.54, 1.807) is 7.05 Å². The monoisotopic (exact) mass is 417 g/mol. The summed E-state index contributed by atoms with van der Waals surface area (Å²) in [6.07, 6.45) is 3.83. The summed E-state index contributed by atoms with van der Waals surface area (Å²) in [6.45, 7) is 3.85. The number of benzene rings is 1. The van der Waals surface area contributed by atoms with E-state index in [4.69, 9.17) is 0 Å². The molecule has 0 radical (unpaired) electrons. The predicted molar refractivity (Wildman–Crippen MR) is 112 cm³/mol. The van der Waals surface area contributed by atoms with Crippen LogP contribution >= 0.6 is 11.8 Å². The van der Waals surface area contributed by atoms with Gasteiger partial charge in [0, 0.05) is 7.05 Å². The first-order valence-electron chi connectivity index (χ1n) is 10.1. The SMILES string of the molecule is CNC(=O)CNC(=O)CSc1nnc(C[NH+]2CCCCC2)n1Cc1ccccc1. The van der Waals surface area contributed by atoms with E-state index in [2.05, 4.69) is 37.5 Å². The van der Waals surface area contributed by atoms with Gasteiger partial charge in [0.1, 0.15) is 6.54 Å². The van der Waals surface area contributed by atoms with Crippen molar-refractivity contribution >= 4 is 23.6 Å². The first kappa shape index (κ1) is 21.3. The van der Waals surface area contributed by atoms with E-state index >= 15 is 0 Å². The van der Waals surface area contributed by atoms with Crippen molar-refractivity contribution < 1.29 is 14.5 Å². The normalized spacial score (nSPS) is 14.5. The average Bonchev–Trinajstić information content (AvgIpc) is 3.13. The molecule has 1 saturated heterocycles. The van der Waals surface area contributed by atoms with Crippen LogP contribution in [0.1, 0.15) is 30.7 Å². The van der Waals surface area contributed by atoms with Crippen molar-refractivity contribution in [2.24, 2.45) is 0 Å². The van der Waals surface area contributed by atoms with Crippen LogP contribution in [0.5, 0.6) is 0 Å². The maximum atomic E-state index is 12.1. The number of nitrogens with one attached hydrogen (secondary N) is 3. The Kier molecular flexibility index (Phi) is 8.06. The summed E-state index contributed by atoms with van der Waals surface area (Å²) in [5, 5.41) is 14.6. The second-order valence-electron chi connectivity index (χ2n) is 7.20. The topological polar surface area (TPSA) is 93.3 Å². The molecule has 2 aromatic rings. The van der Waals surface area contributed by atoms with Crippen molar-refractivity contribution in [3.8, 4) is 0 Å². The molecule has 156 valence electrons. The van der Waals surface area contributed by atoms with Crippen LogP contribution in [0.15, 0.2) is 35.5 Å². The second kappa shape index (κ2) is 11.0. The van der Waals surface area contributed by atoms with Gasteiger partial charge in [-0.05, 0) is 24.8 Å². The van der Waals surface area contributed by atoms with Crippen molar-refractivity contribution in [1.29, 1.82) is 0 Å². The summed E-state index contributed by atoms with van der Waals surface area (Å²) in [7, 11) is 1.54. The Morgan fingerprint density at radius 1 is 1.10 bits per heavy atom. The van der Waals surface area contributed by atoms with Gasteiger partial charge in [-0.15, -0.1) is 10.2 Å². The third kappa shape index (κ3) is 6.57. The highest BCUT2D eigenvalue weighted by atomic mass is 32.2. The van der Waals surface area contributed by atoms with Gasteiger partial charge in [-0.3, -0.25) is 14.2 Å². The maximum Gasteiger partial charge on any atom is 0.239 e. The van der Waals surface area contributed by atoms with E-state index in [1.807, 2.05) is 18.2 Å². The molecule has 1 aromatic carbocycles. The molecule has 3 rings (SSSR count). The zero-order chi connectivity index (χ0) is 20.5. The van der Waals surface area contributed by atoms with Crippen molar-refractivity contribution in [3.63, 3.8) is 0 Å². The number of aromatic nitrogens is 3. The lowest BCUT2D eigenvalue weighted by Gasteiger charge is -2.23. The van der Waals surface area contributed by atoms with Gasteiger partial charge >= 0.3 is 0 Å². The van der Waals surface area contributed by atoms with E-state index in [-0.39, 0.29) is 24.1 Å². The number of nitrogens with zero attached hydrogens (tertiary/aromatic N) is 3. The van der Waals surface area contributed by atoms with Gasteiger partial charge in [0.05, 0.1) is 31.9 Å². The molecular formula is C20H29N6O2S+. The van der Waals surface area contributed by atoms with Crippen LogP contribution in [-0.4, -0.2) is 59.0 Å². The van der Waals surface area contributed by atoms with Crippen LogP contribution in [0.25, 0.3) is 0 Å². The van der Waals surface area contributed by atoms with Crippen LogP contribution in [0.4, 0.5) is 0 Å². The lowest BCUT2D eigenvalue weighted by molar-refractivity contribution is -0.919. The number of likely N-dealkylation sites (N-methyl/N-ethyl adjacent to an activating group) is 1. The number of likely N-dealkylation sites (tertiary alicyclic amines) is 1. The van der Waals surface area contributed by atoms with E-state index in [1.165, 1.54) is 54.6 Å². The third-order valence-electron chi connectivity index (χ3n) is 5.00. The van der Waals surface area contributed by atoms with Crippen LogP contribution in [0.2, 0.25) is 0 Å². The molecule has 1 fully saturated rings. The molecule has 1 aromatic heterocycles. The third-order valence-corrected chi connectivity index (χ3v) is 5.97. The fraction of sp³-hybridized carbons (Fsp3) is 0.500. The summed E-state index contributed by atoms with van der Waals surface area (Å²) >= 11 is 1.35. The smallest absolute Gasteiger partial charge is 0.239 e. The molecule has 0 unspecified atom stereocenters. The Bertz CT molecular complexity index is 805. The van der Waals surface area contributed by atoms with Gasteiger partial charge in [0.25, 0.3) is 0 Å². The zero-order valence-corrected chi connectivity index (χ0v) is 17.6. The number of quaternary nitrogens is 1. The van der Waals surface area contributed by atoms with Crippen molar-refractivity contribution in [2.45, 2.75) is 37.5 Å². The highest BCUT2D eigenvalue weighted by molar-refractivity contribution is 7.99. The fourth-order valence-electron chi connectivity index (χ4n) is 3.38. The molecule has 0 spiro atoms. The van der Waals surface area contributed by atoms with Crippen molar-refractivity contribution in [1.82, 2.24) is 25.4 Å². The molecule has 0 aliphatic carbocycles. The second-order valence-corrected chi connectivity index (χ2v) is 8.14. The lowest BCUT2D eigenvalue weighted by atomic mass is 10.1. The van der Waals surface area contributed by atoms with Gasteiger partial charge in [0.15, 0.2) is 11.0 Å². The first-order valence-corrected chi connectivity index (χ1v) is 11.0. The fourth-order valence-corrected chi connectivity index (χ4v) is 4.17. The highest BCUT2D eigenvalue weighted by Gasteiger charge is 2.21. The zero-order valence-electron chi connectivity index (χ0n) is 16.8. The van der Waals surface area contributed by atoms with Crippen molar-refractivity contribution in [2.75, 3.05) is 32.4 Å². The van der Waals surface area contributed by atoms with Crippen LogP contribution in [0, 0.1) is 0 Å². The molecule has 0 bridgehead atoms. The van der Waals surface area contributed by atoms with Crippen molar-refractivity contribution in [3.05, 3.63) is 41.7 Å². The van der Waals surface area contributed by atoms with Gasteiger partial charge in [0.2, 0.25) is 11.8 Å². The van der Waals surface area contributed by atoms with Crippen LogP contribution in [-0.2, 0) is 22.7 Å². The van der Waals surface area contributed by atoms with Crippen LogP contribution in [0.3, 0.4) is 0 Å². The van der Waals surface area contributed by atoms with Gasteiger partial charge in [-0.2, -0.15) is 0 Å².